The highest BCUT2D eigenvalue weighted by Crippen LogP contribution is 2.39. The number of hydrogen-bond acceptors (Lipinski definition) is 5. The molecule has 0 saturated carbocycles. The van der Waals surface area contributed by atoms with Crippen LogP contribution >= 0.6 is 0 Å². The molecule has 1 fully saturated rings. The molecule has 0 aliphatic carbocycles. The minimum Gasteiger partial charge on any atom is -0.493 e. The average molecular weight is 340 g/mol. The van der Waals surface area contributed by atoms with Crippen molar-refractivity contribution in [2.45, 2.75) is 12.5 Å². The van der Waals surface area contributed by atoms with Gasteiger partial charge in [-0.1, -0.05) is 30.3 Å². The van der Waals surface area contributed by atoms with Crippen LogP contribution in [0.3, 0.4) is 0 Å². The number of carbonyl (C=O) groups is 1. The second kappa shape index (κ2) is 7.25. The largest absolute Gasteiger partial charge is 0.493 e. The van der Waals surface area contributed by atoms with Crippen molar-refractivity contribution in [2.24, 2.45) is 5.10 Å². The van der Waals surface area contributed by atoms with Crippen LogP contribution < -0.4 is 14.2 Å². The lowest BCUT2D eigenvalue weighted by molar-refractivity contribution is -0.146. The zero-order valence-corrected chi connectivity index (χ0v) is 14.4. The third-order valence-electron chi connectivity index (χ3n) is 4.16. The molecule has 0 N–H and O–H groups in total. The van der Waals surface area contributed by atoms with E-state index in [-0.39, 0.29) is 11.9 Å². The summed E-state index contributed by atoms with van der Waals surface area (Å²) in [6.07, 6.45) is 2.07. The fourth-order valence-corrected chi connectivity index (χ4v) is 2.84. The molecule has 1 amide bonds. The van der Waals surface area contributed by atoms with Crippen molar-refractivity contribution in [1.29, 1.82) is 0 Å². The van der Waals surface area contributed by atoms with Gasteiger partial charge in [0.1, 0.15) is 0 Å². The van der Waals surface area contributed by atoms with Crippen molar-refractivity contribution in [3.63, 3.8) is 0 Å². The Hall–Kier alpha value is -3.02. The summed E-state index contributed by atoms with van der Waals surface area (Å²) in [6, 6.07) is 13.4. The normalized spacial score (nSPS) is 16.7. The summed E-state index contributed by atoms with van der Waals surface area (Å²) in [5.41, 5.74) is 1.77. The fraction of sp³-hybridized carbons (Fsp3) is 0.263. The third kappa shape index (κ3) is 3.15. The summed E-state index contributed by atoms with van der Waals surface area (Å²) in [5.74, 6) is 1.56. The maximum Gasteiger partial charge on any atom is 0.245 e. The lowest BCUT2D eigenvalue weighted by atomic mass is 9.96. The van der Waals surface area contributed by atoms with E-state index in [9.17, 15) is 4.79 Å². The Bertz CT molecular complexity index is 790. The first kappa shape index (κ1) is 16.8. The number of benzene rings is 2. The van der Waals surface area contributed by atoms with Gasteiger partial charge in [0.15, 0.2) is 11.5 Å². The summed E-state index contributed by atoms with van der Waals surface area (Å²) >= 11 is 0. The number of nitrogens with zero attached hydrogens (tertiary/aromatic N) is 2. The number of hydrogen-bond donors (Lipinski definition) is 0. The Balaban J connectivity index is 1.87. The van der Waals surface area contributed by atoms with Crippen LogP contribution in [0.5, 0.6) is 17.2 Å². The van der Waals surface area contributed by atoms with Crippen LogP contribution in [0.1, 0.15) is 23.6 Å². The van der Waals surface area contributed by atoms with Gasteiger partial charge in [-0.15, -0.1) is 0 Å². The van der Waals surface area contributed by atoms with Crippen molar-refractivity contribution in [2.75, 3.05) is 21.3 Å². The van der Waals surface area contributed by atoms with E-state index in [0.29, 0.717) is 29.2 Å². The number of rotatable bonds is 6. The topological polar surface area (TPSA) is 60.4 Å². The standard InChI is InChI=1S/C19H20N2O4/c1-23-16-10-9-14(18(24-2)19(16)25-3)12-20-21-15(11-17(21)22)13-7-5-4-6-8-13/h4-10,12,15H,11H2,1-3H3. The van der Waals surface area contributed by atoms with Gasteiger partial charge in [0.2, 0.25) is 11.7 Å². The molecule has 1 atom stereocenters. The van der Waals surface area contributed by atoms with Crippen molar-refractivity contribution in [3.05, 3.63) is 53.6 Å². The molecule has 1 aliphatic heterocycles. The summed E-state index contributed by atoms with van der Waals surface area (Å²) < 4.78 is 16.1. The Morgan fingerprint density at radius 3 is 2.32 bits per heavy atom. The van der Waals surface area contributed by atoms with Crippen LogP contribution in [-0.4, -0.2) is 38.5 Å². The quantitative estimate of drug-likeness (QED) is 0.599. The van der Waals surface area contributed by atoms with E-state index >= 15 is 0 Å². The molecule has 1 unspecified atom stereocenters. The molecule has 2 aromatic rings. The molecule has 0 bridgehead atoms. The van der Waals surface area contributed by atoms with E-state index in [4.69, 9.17) is 14.2 Å². The molecule has 1 saturated heterocycles. The molecule has 0 radical (unpaired) electrons. The first-order valence-electron chi connectivity index (χ1n) is 7.89. The van der Waals surface area contributed by atoms with Gasteiger partial charge in [-0.3, -0.25) is 4.79 Å². The molecule has 130 valence electrons. The van der Waals surface area contributed by atoms with Gasteiger partial charge in [0, 0.05) is 5.56 Å². The fourth-order valence-electron chi connectivity index (χ4n) is 2.84. The molecule has 25 heavy (non-hydrogen) atoms. The van der Waals surface area contributed by atoms with Gasteiger partial charge in [-0.25, -0.2) is 5.01 Å². The van der Waals surface area contributed by atoms with Crippen molar-refractivity contribution < 1.29 is 19.0 Å². The van der Waals surface area contributed by atoms with Crippen LogP contribution in [-0.2, 0) is 4.79 Å². The Labute approximate surface area is 146 Å². The molecule has 2 aromatic carbocycles. The highest BCUT2D eigenvalue weighted by atomic mass is 16.5. The van der Waals surface area contributed by atoms with E-state index < -0.39 is 0 Å². The molecule has 0 aromatic heterocycles. The van der Waals surface area contributed by atoms with Gasteiger partial charge in [-0.2, -0.15) is 5.10 Å². The summed E-state index contributed by atoms with van der Waals surface area (Å²) in [4.78, 5) is 11.9. The van der Waals surface area contributed by atoms with Gasteiger partial charge in [-0.05, 0) is 17.7 Å². The lowest BCUT2D eigenvalue weighted by Crippen LogP contribution is -2.42. The van der Waals surface area contributed by atoms with E-state index in [0.717, 1.165) is 5.56 Å². The Kier molecular flexibility index (Phi) is 4.88. The maximum atomic E-state index is 11.9. The van der Waals surface area contributed by atoms with E-state index in [1.165, 1.54) is 5.01 Å². The van der Waals surface area contributed by atoms with Gasteiger partial charge < -0.3 is 14.2 Å². The maximum absolute atomic E-state index is 11.9. The van der Waals surface area contributed by atoms with Crippen molar-refractivity contribution in [3.8, 4) is 17.2 Å². The predicted molar refractivity (Wildman–Crippen MR) is 94.3 cm³/mol. The SMILES string of the molecule is COc1ccc(C=NN2C(=O)CC2c2ccccc2)c(OC)c1OC. The number of hydrazone groups is 1. The number of amides is 1. The molecule has 1 aliphatic rings. The molecule has 6 nitrogen and oxygen atoms in total. The molecule has 0 spiro atoms. The first-order chi connectivity index (χ1) is 12.2. The molecule has 1 heterocycles. The van der Waals surface area contributed by atoms with Crippen molar-refractivity contribution >= 4 is 12.1 Å². The number of ether oxygens (including phenoxy) is 3. The van der Waals surface area contributed by atoms with Crippen LogP contribution in [0.25, 0.3) is 0 Å². The zero-order chi connectivity index (χ0) is 17.8. The Morgan fingerprint density at radius 1 is 1.00 bits per heavy atom. The highest BCUT2D eigenvalue weighted by Gasteiger charge is 2.37. The van der Waals surface area contributed by atoms with Gasteiger partial charge in [0.25, 0.3) is 0 Å². The van der Waals surface area contributed by atoms with Crippen LogP contribution in [0, 0.1) is 0 Å². The smallest absolute Gasteiger partial charge is 0.245 e. The lowest BCUT2D eigenvalue weighted by Gasteiger charge is -2.36. The number of methoxy groups -OCH3 is 3. The van der Waals surface area contributed by atoms with E-state index in [2.05, 4.69) is 5.10 Å². The monoisotopic (exact) mass is 340 g/mol. The van der Waals surface area contributed by atoms with E-state index in [1.807, 2.05) is 36.4 Å². The number of β-lactam (4-membered cyclic amide) rings is 1. The first-order valence-corrected chi connectivity index (χ1v) is 7.89. The molecular formula is C19H20N2O4. The summed E-state index contributed by atoms with van der Waals surface area (Å²) in [5, 5.41) is 5.85. The highest BCUT2D eigenvalue weighted by molar-refractivity contribution is 5.89. The van der Waals surface area contributed by atoms with Gasteiger partial charge in [0.05, 0.1) is 40.0 Å². The molecule has 6 heteroatoms. The molecule has 3 rings (SSSR count). The third-order valence-corrected chi connectivity index (χ3v) is 4.16. The zero-order valence-electron chi connectivity index (χ0n) is 14.4. The Morgan fingerprint density at radius 2 is 1.72 bits per heavy atom. The molecular weight excluding hydrogens is 320 g/mol. The second-order valence-corrected chi connectivity index (χ2v) is 5.54. The van der Waals surface area contributed by atoms with E-state index in [1.54, 1.807) is 33.6 Å². The van der Waals surface area contributed by atoms with Crippen molar-refractivity contribution in [1.82, 2.24) is 5.01 Å². The predicted octanol–water partition coefficient (Wildman–Crippen LogP) is 3.02. The van der Waals surface area contributed by atoms with Gasteiger partial charge >= 0.3 is 0 Å². The van der Waals surface area contributed by atoms with Crippen LogP contribution in [0.2, 0.25) is 0 Å². The average Bonchev–Trinajstić information content (AvgIpc) is 2.65. The minimum absolute atomic E-state index is 0.00968. The second-order valence-electron chi connectivity index (χ2n) is 5.54. The number of carbonyl (C=O) groups excluding carboxylic acids is 1. The summed E-state index contributed by atoms with van der Waals surface area (Å²) in [6.45, 7) is 0. The minimum atomic E-state index is -0.0314. The van der Waals surface area contributed by atoms with Crippen LogP contribution in [0.15, 0.2) is 47.6 Å². The summed E-state index contributed by atoms with van der Waals surface area (Å²) in [7, 11) is 4.66. The van der Waals surface area contributed by atoms with Crippen LogP contribution in [0.4, 0.5) is 0 Å².